The highest BCUT2D eigenvalue weighted by atomic mass is 32.2. The molecule has 0 saturated heterocycles. The number of para-hydroxylation sites is 2. The first kappa shape index (κ1) is 26.8. The zero-order chi connectivity index (χ0) is 27.0. The van der Waals surface area contributed by atoms with E-state index in [4.69, 9.17) is 17.2 Å². The average molecular weight is 565 g/mol. The van der Waals surface area contributed by atoms with Crippen LogP contribution in [0.1, 0.15) is 54.4 Å². The van der Waals surface area contributed by atoms with Crippen LogP contribution in [-0.2, 0) is 4.79 Å². The highest BCUT2D eigenvalue weighted by Gasteiger charge is 2.23. The van der Waals surface area contributed by atoms with Gasteiger partial charge in [-0.05, 0) is 75.0 Å². The van der Waals surface area contributed by atoms with E-state index >= 15 is 0 Å². The van der Waals surface area contributed by atoms with Crippen molar-refractivity contribution in [2.75, 3.05) is 5.75 Å². The number of aryl methyl sites for hydroxylation is 4. The van der Waals surface area contributed by atoms with Crippen LogP contribution in [0.25, 0.3) is 21.7 Å². The number of fused-ring (bicyclic) bond motifs is 1. The van der Waals surface area contributed by atoms with Crippen LogP contribution in [0.5, 0.6) is 0 Å². The minimum absolute atomic E-state index is 0.0267. The second-order valence-corrected chi connectivity index (χ2v) is 12.6. The fraction of sp³-hybridized carbons (Fsp3) is 0.379. The molecule has 1 saturated carbocycles. The number of thioether (sulfide) groups is 1. The molecular formula is C29H32N4O2S3. The van der Waals surface area contributed by atoms with E-state index in [9.17, 15) is 9.59 Å². The maximum absolute atomic E-state index is 14.1. The second kappa shape index (κ2) is 11.2. The van der Waals surface area contributed by atoms with Gasteiger partial charge in [0.2, 0.25) is 5.91 Å². The number of thiazole rings is 1. The van der Waals surface area contributed by atoms with Crippen LogP contribution in [0, 0.1) is 31.6 Å². The summed E-state index contributed by atoms with van der Waals surface area (Å²) in [5, 5.41) is 3.68. The van der Waals surface area contributed by atoms with Gasteiger partial charge in [-0.2, -0.15) is 0 Å². The Morgan fingerprint density at radius 1 is 0.974 bits per heavy atom. The van der Waals surface area contributed by atoms with Crippen LogP contribution >= 0.6 is 35.3 Å². The quantitative estimate of drug-likeness (QED) is 0.160. The van der Waals surface area contributed by atoms with Crippen molar-refractivity contribution in [2.24, 2.45) is 0 Å². The predicted octanol–water partition coefficient (Wildman–Crippen LogP) is 6.74. The zero-order valence-corrected chi connectivity index (χ0v) is 24.6. The topological polar surface area (TPSA) is 68.9 Å². The lowest BCUT2D eigenvalue weighted by Gasteiger charge is -2.22. The molecule has 0 aliphatic heterocycles. The molecule has 0 spiro atoms. The summed E-state index contributed by atoms with van der Waals surface area (Å²) < 4.78 is 4.68. The van der Waals surface area contributed by atoms with E-state index in [2.05, 4.69) is 5.32 Å². The number of carbonyl (C=O) groups excluding carboxylic acids is 1. The number of carbonyl (C=O) groups is 1. The molecule has 1 aliphatic rings. The van der Waals surface area contributed by atoms with E-state index < -0.39 is 0 Å². The molecule has 0 bridgehead atoms. The van der Waals surface area contributed by atoms with Gasteiger partial charge in [0.15, 0.2) is 14.8 Å². The van der Waals surface area contributed by atoms with Crippen LogP contribution in [0.4, 0.5) is 0 Å². The molecule has 2 heterocycles. The summed E-state index contributed by atoms with van der Waals surface area (Å²) in [4.78, 5) is 32.1. The molecule has 2 aromatic carbocycles. The number of rotatable bonds is 6. The fourth-order valence-corrected chi connectivity index (χ4v) is 7.47. The third-order valence-electron chi connectivity index (χ3n) is 7.21. The predicted molar refractivity (Wildman–Crippen MR) is 160 cm³/mol. The molecule has 2 aromatic heterocycles. The van der Waals surface area contributed by atoms with Crippen LogP contribution in [0.3, 0.4) is 0 Å². The Labute approximate surface area is 236 Å². The lowest BCUT2D eigenvalue weighted by atomic mass is 9.95. The molecule has 38 heavy (non-hydrogen) atoms. The van der Waals surface area contributed by atoms with Gasteiger partial charge < -0.3 is 5.32 Å². The van der Waals surface area contributed by atoms with Gasteiger partial charge in [0, 0.05) is 6.04 Å². The van der Waals surface area contributed by atoms with E-state index in [-0.39, 0.29) is 23.3 Å². The minimum atomic E-state index is -0.163. The van der Waals surface area contributed by atoms with E-state index in [1.165, 1.54) is 29.5 Å². The molecule has 1 amide bonds. The minimum Gasteiger partial charge on any atom is -0.353 e. The van der Waals surface area contributed by atoms with Gasteiger partial charge in [0.05, 0.1) is 17.1 Å². The molecule has 0 radical (unpaired) electrons. The fourth-order valence-electron chi connectivity index (χ4n) is 5.39. The van der Waals surface area contributed by atoms with Crippen molar-refractivity contribution >= 4 is 51.6 Å². The van der Waals surface area contributed by atoms with Gasteiger partial charge >= 0.3 is 0 Å². The summed E-state index contributed by atoms with van der Waals surface area (Å²) in [5.74, 6) is 0.161. The maximum atomic E-state index is 14.1. The van der Waals surface area contributed by atoms with Crippen LogP contribution in [0.15, 0.2) is 46.3 Å². The highest BCUT2D eigenvalue weighted by Crippen LogP contribution is 2.31. The van der Waals surface area contributed by atoms with E-state index in [1.54, 1.807) is 4.57 Å². The zero-order valence-electron chi connectivity index (χ0n) is 22.2. The van der Waals surface area contributed by atoms with Crippen LogP contribution in [-0.4, -0.2) is 31.8 Å². The molecule has 6 nitrogen and oxygen atoms in total. The van der Waals surface area contributed by atoms with Crippen LogP contribution < -0.4 is 10.9 Å². The third-order valence-corrected chi connectivity index (χ3v) is 9.50. The molecule has 198 valence electrons. The van der Waals surface area contributed by atoms with Crippen molar-refractivity contribution in [2.45, 2.75) is 71.0 Å². The van der Waals surface area contributed by atoms with Gasteiger partial charge in [-0.3, -0.25) is 18.7 Å². The monoisotopic (exact) mass is 564 g/mol. The number of nitrogens with one attached hydrogen (secondary N) is 1. The smallest absolute Gasteiger partial charge is 0.278 e. The Bertz CT molecular complexity index is 1600. The summed E-state index contributed by atoms with van der Waals surface area (Å²) in [6.45, 7) is 8.06. The molecule has 4 aromatic rings. The second-order valence-electron chi connectivity index (χ2n) is 10.1. The third kappa shape index (κ3) is 5.11. The number of nitrogens with zero attached hydrogens (tertiary/aromatic N) is 3. The number of hydrogen-bond acceptors (Lipinski definition) is 6. The van der Waals surface area contributed by atoms with Gasteiger partial charge in [-0.25, -0.2) is 4.98 Å². The molecule has 1 aliphatic carbocycles. The van der Waals surface area contributed by atoms with Gasteiger partial charge in [0.1, 0.15) is 4.70 Å². The van der Waals surface area contributed by atoms with E-state index in [0.29, 0.717) is 19.5 Å². The standard InChI is InChI=1S/C29H32N4O2S3/c1-17-10-8-11-18(2)23(17)32-26-25(38-29(32)36)27(35)33(24-19(3)12-9-13-20(24)4)28(31-26)37-16-22(34)30-21-14-6-5-7-15-21/h8-13,21H,5-7,14-16H2,1-4H3,(H,30,34). The SMILES string of the molecule is Cc1cccc(C)c1-n1c(SCC(=O)NC2CCCCC2)nc2c(sc(=S)n2-c2c(C)cccc2C)c1=O. The van der Waals surface area contributed by atoms with Crippen molar-refractivity contribution in [3.63, 3.8) is 0 Å². The lowest BCUT2D eigenvalue weighted by molar-refractivity contribution is -0.119. The summed E-state index contributed by atoms with van der Waals surface area (Å²) >= 11 is 8.38. The van der Waals surface area contributed by atoms with Crippen molar-refractivity contribution in [1.29, 1.82) is 0 Å². The average Bonchev–Trinajstić information content (AvgIpc) is 3.20. The lowest BCUT2D eigenvalue weighted by Crippen LogP contribution is -2.37. The number of amides is 1. The van der Waals surface area contributed by atoms with Crippen molar-refractivity contribution < 1.29 is 4.79 Å². The molecule has 1 fully saturated rings. The Kier molecular flexibility index (Phi) is 7.88. The van der Waals surface area contributed by atoms with E-state index in [1.807, 2.05) is 68.7 Å². The largest absolute Gasteiger partial charge is 0.353 e. The van der Waals surface area contributed by atoms with Crippen molar-refractivity contribution in [3.8, 4) is 11.4 Å². The molecule has 0 unspecified atom stereocenters. The number of aromatic nitrogens is 3. The van der Waals surface area contributed by atoms with Gasteiger partial charge in [-0.15, -0.1) is 0 Å². The molecule has 1 N–H and O–H groups in total. The van der Waals surface area contributed by atoms with E-state index in [0.717, 1.165) is 59.3 Å². The first-order chi connectivity index (χ1) is 18.3. The summed E-state index contributed by atoms with van der Waals surface area (Å²) in [5.41, 5.74) is 6.19. The van der Waals surface area contributed by atoms with Crippen molar-refractivity contribution in [1.82, 2.24) is 19.4 Å². The number of hydrogen-bond donors (Lipinski definition) is 1. The Morgan fingerprint density at radius 3 is 2.11 bits per heavy atom. The Morgan fingerprint density at radius 2 is 1.53 bits per heavy atom. The normalized spacial score (nSPS) is 14.2. The first-order valence-corrected chi connectivity index (χ1v) is 15.2. The maximum Gasteiger partial charge on any atom is 0.278 e. The molecule has 5 rings (SSSR count). The first-order valence-electron chi connectivity index (χ1n) is 13.0. The van der Waals surface area contributed by atoms with Gasteiger partial charge in [0.25, 0.3) is 5.56 Å². The molecule has 0 atom stereocenters. The summed E-state index contributed by atoms with van der Waals surface area (Å²) in [6.07, 6.45) is 5.60. The summed E-state index contributed by atoms with van der Waals surface area (Å²) in [7, 11) is 0. The summed E-state index contributed by atoms with van der Waals surface area (Å²) in [6, 6.07) is 12.3. The molecule has 9 heteroatoms. The molecular weight excluding hydrogens is 533 g/mol. The number of benzene rings is 2. The Hall–Kier alpha value is -2.75. The Balaban J connectivity index is 1.66. The van der Waals surface area contributed by atoms with Crippen molar-refractivity contribution in [3.05, 3.63) is 73.0 Å². The van der Waals surface area contributed by atoms with Gasteiger partial charge in [-0.1, -0.05) is 78.8 Å². The highest BCUT2D eigenvalue weighted by molar-refractivity contribution is 7.99. The van der Waals surface area contributed by atoms with Crippen LogP contribution in [0.2, 0.25) is 0 Å².